The number of rotatable bonds is 9. The van der Waals surface area contributed by atoms with Crippen molar-refractivity contribution in [1.82, 2.24) is 4.72 Å². The molecule has 0 aliphatic heterocycles. The number of hydrogen-bond acceptors (Lipinski definition) is 6. The first-order valence-corrected chi connectivity index (χ1v) is 8.84. The van der Waals surface area contributed by atoms with Gasteiger partial charge in [0.2, 0.25) is 10.0 Å². The van der Waals surface area contributed by atoms with E-state index in [1.807, 2.05) is 6.92 Å². The van der Waals surface area contributed by atoms with Gasteiger partial charge < -0.3 is 10.5 Å². The Hall–Kier alpha value is -0.960. The Bertz CT molecular complexity index is 500. The first-order chi connectivity index (χ1) is 9.47. The van der Waals surface area contributed by atoms with Crippen LogP contribution in [-0.2, 0) is 19.6 Å². The second-order valence-electron chi connectivity index (χ2n) is 4.29. The molecule has 0 amide bonds. The molecule has 0 saturated carbocycles. The average molecular weight is 320 g/mol. The molecule has 0 radical (unpaired) electrons. The summed E-state index contributed by atoms with van der Waals surface area (Å²) < 4.78 is 30.9. The molecule has 0 aromatic carbocycles. The highest BCUT2D eigenvalue weighted by Crippen LogP contribution is 2.12. The monoisotopic (exact) mass is 320 g/mol. The third-order valence-corrected chi connectivity index (χ3v) is 4.85. The minimum atomic E-state index is -3.60. The summed E-state index contributed by atoms with van der Waals surface area (Å²) in [7, 11) is -3.60. The Labute approximate surface area is 123 Å². The molecular weight excluding hydrogens is 300 g/mol. The molecule has 8 heteroatoms. The standard InChI is InChI=1S/C12H20N2O4S2/c1-2-3-4-6-18-12(15)11(13)8-14-20(16,17)10-5-7-19-9-10/h5,7,9,11,14H,2-4,6,8,13H2,1H3. The molecule has 20 heavy (non-hydrogen) atoms. The van der Waals surface area contributed by atoms with Crippen LogP contribution in [0.2, 0.25) is 0 Å². The molecule has 0 aliphatic rings. The fraction of sp³-hybridized carbons (Fsp3) is 0.583. The molecule has 1 aromatic rings. The number of carbonyl (C=O) groups is 1. The van der Waals surface area contributed by atoms with E-state index in [1.54, 1.807) is 5.38 Å². The summed E-state index contributed by atoms with van der Waals surface area (Å²) in [6.45, 7) is 2.19. The van der Waals surface area contributed by atoms with Gasteiger partial charge in [-0.2, -0.15) is 11.3 Å². The molecule has 0 spiro atoms. The first kappa shape index (κ1) is 17.1. The smallest absolute Gasteiger partial charge is 0.324 e. The molecule has 114 valence electrons. The summed E-state index contributed by atoms with van der Waals surface area (Å²) in [6, 6.07) is 0.492. The number of hydrogen-bond donors (Lipinski definition) is 2. The lowest BCUT2D eigenvalue weighted by Gasteiger charge is -2.12. The van der Waals surface area contributed by atoms with Gasteiger partial charge in [0.25, 0.3) is 0 Å². The van der Waals surface area contributed by atoms with Crippen molar-refractivity contribution in [2.75, 3.05) is 13.2 Å². The topological polar surface area (TPSA) is 98.5 Å². The highest BCUT2D eigenvalue weighted by atomic mass is 32.2. The van der Waals surface area contributed by atoms with Crippen LogP contribution in [0.3, 0.4) is 0 Å². The van der Waals surface area contributed by atoms with Gasteiger partial charge in [0.1, 0.15) is 6.04 Å². The molecule has 0 aliphatic carbocycles. The Morgan fingerprint density at radius 3 is 2.85 bits per heavy atom. The van der Waals surface area contributed by atoms with Crippen LogP contribution in [0.1, 0.15) is 26.2 Å². The Morgan fingerprint density at radius 2 is 2.25 bits per heavy atom. The summed E-state index contributed by atoms with van der Waals surface area (Å²) in [6.07, 6.45) is 2.80. The molecule has 3 N–H and O–H groups in total. The molecule has 1 atom stereocenters. The van der Waals surface area contributed by atoms with Crippen molar-refractivity contribution in [3.63, 3.8) is 0 Å². The van der Waals surface area contributed by atoms with E-state index in [0.717, 1.165) is 19.3 Å². The van der Waals surface area contributed by atoms with Crippen molar-refractivity contribution in [3.05, 3.63) is 16.8 Å². The zero-order valence-corrected chi connectivity index (χ0v) is 13.0. The van der Waals surface area contributed by atoms with Gasteiger partial charge >= 0.3 is 5.97 Å². The third kappa shape index (κ3) is 5.58. The first-order valence-electron chi connectivity index (χ1n) is 6.41. The van der Waals surface area contributed by atoms with Gasteiger partial charge in [-0.15, -0.1) is 0 Å². The van der Waals surface area contributed by atoms with Crippen molar-refractivity contribution in [2.45, 2.75) is 37.1 Å². The third-order valence-electron chi connectivity index (χ3n) is 2.59. The van der Waals surface area contributed by atoms with Gasteiger partial charge in [0.05, 0.1) is 11.5 Å². The SMILES string of the molecule is CCCCCOC(=O)C(N)CNS(=O)(=O)c1ccsc1. The van der Waals surface area contributed by atoms with E-state index in [4.69, 9.17) is 10.5 Å². The van der Waals surface area contributed by atoms with Crippen LogP contribution in [-0.4, -0.2) is 33.6 Å². The van der Waals surface area contributed by atoms with E-state index in [2.05, 4.69) is 4.72 Å². The van der Waals surface area contributed by atoms with Crippen LogP contribution in [0, 0.1) is 0 Å². The van der Waals surface area contributed by atoms with Crippen molar-refractivity contribution < 1.29 is 17.9 Å². The number of esters is 1. The lowest BCUT2D eigenvalue weighted by molar-refractivity contribution is -0.145. The molecular formula is C12H20N2O4S2. The maximum absolute atomic E-state index is 11.8. The quantitative estimate of drug-likeness (QED) is 0.524. The molecule has 1 aromatic heterocycles. The van der Waals surface area contributed by atoms with Crippen molar-refractivity contribution in [2.24, 2.45) is 5.73 Å². The molecule has 6 nitrogen and oxygen atoms in total. The van der Waals surface area contributed by atoms with Gasteiger partial charge in [-0.3, -0.25) is 4.79 Å². The number of ether oxygens (including phenoxy) is 1. The normalized spacial score (nSPS) is 13.1. The minimum Gasteiger partial charge on any atom is -0.464 e. The van der Waals surface area contributed by atoms with Crippen molar-refractivity contribution in [1.29, 1.82) is 0 Å². The Kier molecular flexibility index (Phi) is 7.14. The summed E-state index contributed by atoms with van der Waals surface area (Å²) in [5.74, 6) is -0.589. The van der Waals surface area contributed by atoms with Crippen LogP contribution in [0.5, 0.6) is 0 Å². The predicted octanol–water partition coefficient (Wildman–Crippen LogP) is 1.09. The van der Waals surface area contributed by atoms with Crippen LogP contribution in [0.25, 0.3) is 0 Å². The van der Waals surface area contributed by atoms with Crippen molar-refractivity contribution >= 4 is 27.3 Å². The average Bonchev–Trinajstić information content (AvgIpc) is 2.95. The molecule has 1 rings (SSSR count). The van der Waals surface area contributed by atoms with E-state index < -0.39 is 22.0 Å². The summed E-state index contributed by atoms with van der Waals surface area (Å²) >= 11 is 1.28. The fourth-order valence-corrected chi connectivity index (χ4v) is 3.49. The number of carbonyl (C=O) groups excluding carboxylic acids is 1. The Morgan fingerprint density at radius 1 is 1.50 bits per heavy atom. The van der Waals surface area contributed by atoms with Crippen LogP contribution in [0.4, 0.5) is 0 Å². The van der Waals surface area contributed by atoms with Crippen LogP contribution in [0.15, 0.2) is 21.7 Å². The van der Waals surface area contributed by atoms with E-state index in [-0.39, 0.29) is 11.4 Å². The fourth-order valence-electron chi connectivity index (χ4n) is 1.40. The number of unbranched alkanes of at least 4 members (excludes halogenated alkanes) is 2. The molecule has 0 saturated heterocycles. The lowest BCUT2D eigenvalue weighted by atomic mass is 10.3. The summed E-state index contributed by atoms with van der Waals surface area (Å²) in [5, 5.41) is 3.17. The van der Waals surface area contributed by atoms with Crippen molar-refractivity contribution in [3.8, 4) is 0 Å². The number of nitrogens with two attached hydrogens (primary N) is 1. The van der Waals surface area contributed by atoms with Crippen LogP contribution >= 0.6 is 11.3 Å². The number of nitrogens with one attached hydrogen (secondary N) is 1. The maximum Gasteiger partial charge on any atom is 0.324 e. The maximum atomic E-state index is 11.8. The Balaban J connectivity index is 2.35. The van der Waals surface area contributed by atoms with E-state index in [0.29, 0.717) is 6.61 Å². The predicted molar refractivity (Wildman–Crippen MR) is 78.0 cm³/mol. The van der Waals surface area contributed by atoms with Gasteiger partial charge in [0.15, 0.2) is 0 Å². The van der Waals surface area contributed by atoms with Gasteiger partial charge in [0, 0.05) is 11.9 Å². The number of thiophene rings is 1. The molecule has 0 bridgehead atoms. The highest BCUT2D eigenvalue weighted by Gasteiger charge is 2.20. The van der Waals surface area contributed by atoms with E-state index >= 15 is 0 Å². The minimum absolute atomic E-state index is 0.172. The second kappa shape index (κ2) is 8.35. The van der Waals surface area contributed by atoms with Gasteiger partial charge in [-0.25, -0.2) is 13.1 Å². The lowest BCUT2D eigenvalue weighted by Crippen LogP contribution is -2.43. The van der Waals surface area contributed by atoms with E-state index in [1.165, 1.54) is 22.8 Å². The van der Waals surface area contributed by atoms with Gasteiger partial charge in [-0.05, 0) is 17.9 Å². The van der Waals surface area contributed by atoms with Gasteiger partial charge in [-0.1, -0.05) is 19.8 Å². The molecule has 1 heterocycles. The molecule has 1 unspecified atom stereocenters. The molecule has 0 fully saturated rings. The highest BCUT2D eigenvalue weighted by molar-refractivity contribution is 7.89. The zero-order valence-electron chi connectivity index (χ0n) is 11.4. The largest absolute Gasteiger partial charge is 0.464 e. The number of sulfonamides is 1. The summed E-state index contributed by atoms with van der Waals surface area (Å²) in [5.41, 5.74) is 5.59. The van der Waals surface area contributed by atoms with Crippen LogP contribution < -0.4 is 10.5 Å². The zero-order chi connectivity index (χ0) is 15.0. The summed E-state index contributed by atoms with van der Waals surface area (Å²) in [4.78, 5) is 11.7. The van der Waals surface area contributed by atoms with E-state index in [9.17, 15) is 13.2 Å². The second-order valence-corrected chi connectivity index (χ2v) is 6.84.